The van der Waals surface area contributed by atoms with Crippen molar-refractivity contribution in [2.45, 2.75) is 13.3 Å². The molecule has 1 aromatic carbocycles. The lowest BCUT2D eigenvalue weighted by Crippen LogP contribution is -1.88. The predicted molar refractivity (Wildman–Crippen MR) is 58.9 cm³/mol. The van der Waals surface area contributed by atoms with E-state index in [9.17, 15) is 4.39 Å². The summed E-state index contributed by atoms with van der Waals surface area (Å²) < 4.78 is 12.9. The van der Waals surface area contributed by atoms with Gasteiger partial charge in [-0.1, -0.05) is 17.7 Å². The standard InChI is InChI=1S/C10H8ClFN2S/c1-6-13-14-10(15-6)5-7-2-3-9(12)8(11)4-7/h2-4H,5H2,1H3. The minimum atomic E-state index is -0.395. The van der Waals surface area contributed by atoms with Crippen molar-refractivity contribution in [2.75, 3.05) is 0 Å². The maximum atomic E-state index is 12.9. The summed E-state index contributed by atoms with van der Waals surface area (Å²) in [5.74, 6) is -0.395. The van der Waals surface area contributed by atoms with Crippen LogP contribution in [0.5, 0.6) is 0 Å². The molecule has 0 spiro atoms. The summed E-state index contributed by atoms with van der Waals surface area (Å²) in [6.45, 7) is 1.90. The van der Waals surface area contributed by atoms with Gasteiger partial charge in [-0.05, 0) is 24.6 Å². The highest BCUT2D eigenvalue weighted by atomic mass is 35.5. The van der Waals surface area contributed by atoms with Gasteiger partial charge in [0.05, 0.1) is 5.02 Å². The van der Waals surface area contributed by atoms with Gasteiger partial charge in [0.1, 0.15) is 15.8 Å². The predicted octanol–water partition coefficient (Wildman–Crippen LogP) is 3.23. The summed E-state index contributed by atoms with van der Waals surface area (Å²) in [6.07, 6.45) is 0.644. The molecule has 2 rings (SSSR count). The molecular weight excluding hydrogens is 235 g/mol. The average molecular weight is 243 g/mol. The van der Waals surface area contributed by atoms with Crippen LogP contribution in [0, 0.1) is 12.7 Å². The molecule has 0 atom stereocenters. The molecule has 0 fully saturated rings. The fourth-order valence-electron chi connectivity index (χ4n) is 1.23. The van der Waals surface area contributed by atoms with Gasteiger partial charge in [0.25, 0.3) is 0 Å². The molecule has 0 radical (unpaired) electrons. The molecule has 0 aliphatic rings. The second-order valence-electron chi connectivity index (χ2n) is 3.14. The molecule has 0 aliphatic heterocycles. The number of aromatic nitrogens is 2. The van der Waals surface area contributed by atoms with Crippen LogP contribution in [0.15, 0.2) is 18.2 Å². The van der Waals surface area contributed by atoms with Gasteiger partial charge < -0.3 is 0 Å². The lowest BCUT2D eigenvalue weighted by atomic mass is 10.1. The Kier molecular flexibility index (Phi) is 2.98. The Bertz CT molecular complexity index is 484. The maximum Gasteiger partial charge on any atom is 0.141 e. The highest BCUT2D eigenvalue weighted by Crippen LogP contribution is 2.19. The van der Waals surface area contributed by atoms with E-state index in [-0.39, 0.29) is 5.02 Å². The summed E-state index contributed by atoms with van der Waals surface area (Å²) in [7, 11) is 0. The van der Waals surface area contributed by atoms with E-state index in [2.05, 4.69) is 10.2 Å². The van der Waals surface area contributed by atoms with Gasteiger partial charge in [-0.15, -0.1) is 21.5 Å². The molecular formula is C10H8ClFN2S. The van der Waals surface area contributed by atoms with Crippen molar-refractivity contribution in [3.05, 3.63) is 44.6 Å². The lowest BCUT2D eigenvalue weighted by molar-refractivity contribution is 0.627. The molecule has 0 aliphatic carbocycles. The van der Waals surface area contributed by atoms with E-state index in [1.807, 2.05) is 6.92 Å². The van der Waals surface area contributed by atoms with E-state index < -0.39 is 5.82 Å². The number of halogens is 2. The Morgan fingerprint density at radius 1 is 1.40 bits per heavy atom. The third-order valence-corrected chi connectivity index (χ3v) is 3.04. The van der Waals surface area contributed by atoms with Crippen molar-refractivity contribution in [1.29, 1.82) is 0 Å². The summed E-state index contributed by atoms with van der Waals surface area (Å²) in [6, 6.07) is 4.69. The molecule has 2 nitrogen and oxygen atoms in total. The third kappa shape index (κ3) is 2.52. The Morgan fingerprint density at radius 2 is 2.20 bits per heavy atom. The Labute approximate surface area is 95.7 Å². The van der Waals surface area contributed by atoms with Crippen molar-refractivity contribution in [3.8, 4) is 0 Å². The Balaban J connectivity index is 2.21. The van der Waals surface area contributed by atoms with Crippen molar-refractivity contribution in [1.82, 2.24) is 10.2 Å². The molecule has 0 amide bonds. The first-order chi connectivity index (χ1) is 7.15. The second-order valence-corrected chi connectivity index (χ2v) is 4.81. The van der Waals surface area contributed by atoms with Gasteiger partial charge in [-0.25, -0.2) is 4.39 Å². The normalized spacial score (nSPS) is 10.6. The Hall–Kier alpha value is -1.00. The summed E-state index contributed by atoms with van der Waals surface area (Å²) in [5, 5.41) is 9.90. The fraction of sp³-hybridized carbons (Fsp3) is 0.200. The minimum Gasteiger partial charge on any atom is -0.205 e. The van der Waals surface area contributed by atoms with Crippen LogP contribution in [0.1, 0.15) is 15.6 Å². The first-order valence-corrected chi connectivity index (χ1v) is 5.57. The van der Waals surface area contributed by atoms with E-state index in [1.54, 1.807) is 12.1 Å². The first-order valence-electron chi connectivity index (χ1n) is 4.38. The fourth-order valence-corrected chi connectivity index (χ4v) is 2.18. The Morgan fingerprint density at radius 3 is 2.80 bits per heavy atom. The smallest absolute Gasteiger partial charge is 0.141 e. The highest BCUT2D eigenvalue weighted by Gasteiger charge is 2.05. The topological polar surface area (TPSA) is 25.8 Å². The van der Waals surface area contributed by atoms with Crippen LogP contribution in [-0.4, -0.2) is 10.2 Å². The van der Waals surface area contributed by atoms with Crippen LogP contribution in [0.3, 0.4) is 0 Å². The molecule has 0 saturated heterocycles. The van der Waals surface area contributed by atoms with Crippen molar-refractivity contribution >= 4 is 22.9 Å². The van der Waals surface area contributed by atoms with Crippen LogP contribution in [0.4, 0.5) is 4.39 Å². The second kappa shape index (κ2) is 4.24. The molecule has 1 heterocycles. The maximum absolute atomic E-state index is 12.9. The number of nitrogens with zero attached hydrogens (tertiary/aromatic N) is 2. The molecule has 0 bridgehead atoms. The van der Waals surface area contributed by atoms with E-state index >= 15 is 0 Å². The molecule has 0 saturated carbocycles. The summed E-state index contributed by atoms with van der Waals surface area (Å²) in [4.78, 5) is 0. The molecule has 5 heteroatoms. The number of aryl methyl sites for hydroxylation is 1. The molecule has 15 heavy (non-hydrogen) atoms. The summed E-state index contributed by atoms with van der Waals surface area (Å²) in [5.41, 5.74) is 0.942. The van der Waals surface area contributed by atoms with Gasteiger partial charge in [-0.3, -0.25) is 0 Å². The van der Waals surface area contributed by atoms with Crippen molar-refractivity contribution < 1.29 is 4.39 Å². The number of hydrogen-bond donors (Lipinski definition) is 0. The summed E-state index contributed by atoms with van der Waals surface area (Å²) >= 11 is 7.21. The zero-order chi connectivity index (χ0) is 10.8. The molecule has 0 N–H and O–H groups in total. The third-order valence-electron chi connectivity index (χ3n) is 1.91. The number of rotatable bonds is 2. The van der Waals surface area contributed by atoms with E-state index in [0.717, 1.165) is 15.6 Å². The number of benzene rings is 1. The highest BCUT2D eigenvalue weighted by molar-refractivity contribution is 7.11. The monoisotopic (exact) mass is 242 g/mol. The minimum absolute atomic E-state index is 0.147. The average Bonchev–Trinajstić information content (AvgIpc) is 2.58. The van der Waals surface area contributed by atoms with Gasteiger partial charge in [0.15, 0.2) is 0 Å². The zero-order valence-electron chi connectivity index (χ0n) is 8.00. The molecule has 0 unspecified atom stereocenters. The van der Waals surface area contributed by atoms with Crippen LogP contribution in [0.25, 0.3) is 0 Å². The van der Waals surface area contributed by atoms with Gasteiger partial charge >= 0.3 is 0 Å². The van der Waals surface area contributed by atoms with Crippen LogP contribution in [0.2, 0.25) is 5.02 Å². The van der Waals surface area contributed by atoms with E-state index in [1.165, 1.54) is 17.4 Å². The van der Waals surface area contributed by atoms with Crippen LogP contribution < -0.4 is 0 Å². The van der Waals surface area contributed by atoms with Gasteiger partial charge in [-0.2, -0.15) is 0 Å². The molecule has 78 valence electrons. The molecule has 2 aromatic rings. The van der Waals surface area contributed by atoms with E-state index in [4.69, 9.17) is 11.6 Å². The lowest BCUT2D eigenvalue weighted by Gasteiger charge is -1.99. The van der Waals surface area contributed by atoms with E-state index in [0.29, 0.717) is 6.42 Å². The van der Waals surface area contributed by atoms with Gasteiger partial charge in [0.2, 0.25) is 0 Å². The zero-order valence-corrected chi connectivity index (χ0v) is 9.57. The van der Waals surface area contributed by atoms with Crippen molar-refractivity contribution in [3.63, 3.8) is 0 Å². The SMILES string of the molecule is Cc1nnc(Cc2ccc(F)c(Cl)c2)s1. The largest absolute Gasteiger partial charge is 0.205 e. The van der Waals surface area contributed by atoms with Gasteiger partial charge in [0, 0.05) is 6.42 Å². The van der Waals surface area contributed by atoms with Crippen LogP contribution in [-0.2, 0) is 6.42 Å². The van der Waals surface area contributed by atoms with Crippen molar-refractivity contribution in [2.24, 2.45) is 0 Å². The molecule has 1 aromatic heterocycles. The van der Waals surface area contributed by atoms with Crippen LogP contribution >= 0.6 is 22.9 Å². The number of hydrogen-bond acceptors (Lipinski definition) is 3. The quantitative estimate of drug-likeness (QED) is 0.808. The first kappa shape index (κ1) is 10.5.